The van der Waals surface area contributed by atoms with E-state index in [0.29, 0.717) is 24.0 Å². The van der Waals surface area contributed by atoms with Gasteiger partial charge in [0.2, 0.25) is 0 Å². The highest BCUT2D eigenvalue weighted by atomic mass is 16.6. The fraction of sp³-hybridized carbons (Fsp3) is 0.591. The average Bonchev–Trinajstić information content (AvgIpc) is 3.31. The van der Waals surface area contributed by atoms with Crippen molar-refractivity contribution in [3.05, 3.63) is 23.8 Å². The van der Waals surface area contributed by atoms with Crippen LogP contribution in [-0.2, 0) is 4.74 Å². The van der Waals surface area contributed by atoms with Crippen LogP contribution in [0, 0.1) is 5.92 Å². The molecular weight excluding hydrogens is 386 g/mol. The summed E-state index contributed by atoms with van der Waals surface area (Å²) in [6.07, 6.45) is 4.84. The first-order chi connectivity index (χ1) is 14.1. The Hall–Kier alpha value is -2.61. The van der Waals surface area contributed by atoms with E-state index in [1.807, 2.05) is 32.7 Å². The molecule has 1 atom stereocenters. The molecular formula is C22H31N3O5. The molecule has 1 saturated heterocycles. The predicted molar refractivity (Wildman–Crippen MR) is 114 cm³/mol. The smallest absolute Gasteiger partial charge is 0.410 e. The van der Waals surface area contributed by atoms with E-state index in [0.717, 1.165) is 25.9 Å². The van der Waals surface area contributed by atoms with Gasteiger partial charge in [0.1, 0.15) is 23.6 Å². The van der Waals surface area contributed by atoms with Crippen LogP contribution < -0.4 is 10.1 Å². The second-order valence-electron chi connectivity index (χ2n) is 8.94. The van der Waals surface area contributed by atoms with Crippen LogP contribution in [-0.4, -0.2) is 66.2 Å². The van der Waals surface area contributed by atoms with Crippen LogP contribution in [0.1, 0.15) is 50.4 Å². The second kappa shape index (κ2) is 8.63. The fourth-order valence-electron chi connectivity index (χ4n) is 3.91. The number of aliphatic imine (C=N–C) groups is 1. The third-order valence-corrected chi connectivity index (χ3v) is 5.67. The Kier molecular flexibility index (Phi) is 6.36. The molecule has 2 heterocycles. The number of ether oxygens (including phenoxy) is 2. The van der Waals surface area contributed by atoms with E-state index in [1.165, 1.54) is 18.6 Å². The monoisotopic (exact) mass is 417 g/mol. The van der Waals surface area contributed by atoms with E-state index >= 15 is 0 Å². The molecule has 1 aliphatic carbocycles. The van der Waals surface area contributed by atoms with Crippen molar-refractivity contribution in [1.82, 2.24) is 10.2 Å². The normalized spacial score (nSPS) is 20.9. The number of amides is 1. The second-order valence-corrected chi connectivity index (χ2v) is 8.94. The molecule has 2 N–H and O–H groups in total. The largest absolute Gasteiger partial charge is 0.486 e. The third kappa shape index (κ3) is 5.11. The van der Waals surface area contributed by atoms with E-state index in [-0.39, 0.29) is 17.2 Å². The summed E-state index contributed by atoms with van der Waals surface area (Å²) in [6, 6.07) is 4.62. The molecule has 0 spiro atoms. The minimum atomic E-state index is -0.955. The van der Waals surface area contributed by atoms with Gasteiger partial charge in [-0.1, -0.05) is 0 Å². The van der Waals surface area contributed by atoms with E-state index < -0.39 is 11.6 Å². The van der Waals surface area contributed by atoms with Crippen LogP contribution >= 0.6 is 0 Å². The lowest BCUT2D eigenvalue weighted by atomic mass is 9.95. The minimum Gasteiger partial charge on any atom is -0.486 e. The Morgan fingerprint density at radius 3 is 2.63 bits per heavy atom. The number of carboxylic acids is 1. The van der Waals surface area contributed by atoms with Gasteiger partial charge in [0.25, 0.3) is 0 Å². The van der Waals surface area contributed by atoms with Crippen molar-refractivity contribution < 1.29 is 24.2 Å². The van der Waals surface area contributed by atoms with Gasteiger partial charge in [0.05, 0.1) is 11.1 Å². The van der Waals surface area contributed by atoms with Crippen LogP contribution in [0.15, 0.2) is 23.2 Å². The van der Waals surface area contributed by atoms with Crippen molar-refractivity contribution in [3.8, 4) is 5.75 Å². The maximum Gasteiger partial charge on any atom is 0.410 e. The molecule has 0 bridgehead atoms. The maximum atomic E-state index is 12.1. The van der Waals surface area contributed by atoms with Crippen LogP contribution in [0.3, 0.4) is 0 Å². The van der Waals surface area contributed by atoms with E-state index in [1.54, 1.807) is 12.3 Å². The summed E-state index contributed by atoms with van der Waals surface area (Å²) >= 11 is 0. The summed E-state index contributed by atoms with van der Waals surface area (Å²) < 4.78 is 10.7. The third-order valence-electron chi connectivity index (χ3n) is 5.67. The predicted octanol–water partition coefficient (Wildman–Crippen LogP) is 3.47. The summed E-state index contributed by atoms with van der Waals surface area (Å²) in [6.45, 7) is 8.29. The zero-order valence-electron chi connectivity index (χ0n) is 18.1. The van der Waals surface area contributed by atoms with Crippen LogP contribution in [0.25, 0.3) is 0 Å². The van der Waals surface area contributed by atoms with Crippen LogP contribution in [0.5, 0.6) is 5.75 Å². The van der Waals surface area contributed by atoms with E-state index in [4.69, 9.17) is 14.6 Å². The first-order valence-electron chi connectivity index (χ1n) is 10.3. The number of rotatable bonds is 3. The summed E-state index contributed by atoms with van der Waals surface area (Å²) in [5.41, 5.74) is 0.466. The molecule has 1 aromatic rings. The van der Waals surface area contributed by atoms with Gasteiger partial charge < -0.3 is 24.8 Å². The van der Waals surface area contributed by atoms with Gasteiger partial charge in [-0.25, -0.2) is 9.59 Å². The molecule has 0 unspecified atom stereocenters. The van der Waals surface area contributed by atoms with Crippen molar-refractivity contribution in [2.24, 2.45) is 10.9 Å². The number of aromatic carboxylic acids is 1. The Balaban J connectivity index is 0.000000177. The Morgan fingerprint density at radius 2 is 2.07 bits per heavy atom. The number of carbonyl (C=O) groups is 2. The first kappa shape index (κ1) is 22.1. The molecule has 8 nitrogen and oxygen atoms in total. The lowest BCUT2D eigenvalue weighted by Gasteiger charge is -2.34. The summed E-state index contributed by atoms with van der Waals surface area (Å²) in [7, 11) is 1.89. The van der Waals surface area contributed by atoms with Gasteiger partial charge in [-0.2, -0.15) is 0 Å². The van der Waals surface area contributed by atoms with Crippen molar-refractivity contribution >= 4 is 24.0 Å². The topological polar surface area (TPSA) is 100 Å². The molecule has 164 valence electrons. The quantitative estimate of drug-likeness (QED) is 0.781. The Bertz CT molecular complexity index is 821. The zero-order valence-corrected chi connectivity index (χ0v) is 18.1. The van der Waals surface area contributed by atoms with E-state index in [9.17, 15) is 9.59 Å². The molecule has 2 aliphatic heterocycles. The number of benzene rings is 1. The maximum absolute atomic E-state index is 12.1. The fourth-order valence-corrected chi connectivity index (χ4v) is 3.91. The lowest BCUT2D eigenvalue weighted by Crippen LogP contribution is -2.46. The summed E-state index contributed by atoms with van der Waals surface area (Å²) in [5.74, 6) is 0.274. The molecule has 0 aromatic heterocycles. The first-order valence-corrected chi connectivity index (χ1v) is 10.3. The van der Waals surface area contributed by atoms with E-state index in [2.05, 4.69) is 10.3 Å². The number of fused-ring (bicyclic) bond motifs is 1. The van der Waals surface area contributed by atoms with Crippen LogP contribution in [0.2, 0.25) is 0 Å². The number of carbonyl (C=O) groups excluding carboxylic acids is 1. The van der Waals surface area contributed by atoms with Gasteiger partial charge in [-0.05, 0) is 70.7 Å². The van der Waals surface area contributed by atoms with Gasteiger partial charge in [-0.3, -0.25) is 4.99 Å². The highest BCUT2D eigenvalue weighted by Crippen LogP contribution is 2.49. The van der Waals surface area contributed by atoms with Gasteiger partial charge >= 0.3 is 12.1 Å². The molecule has 2 fully saturated rings. The van der Waals surface area contributed by atoms with Crippen molar-refractivity contribution in [3.63, 3.8) is 0 Å². The van der Waals surface area contributed by atoms with Gasteiger partial charge in [-0.15, -0.1) is 0 Å². The molecule has 3 aliphatic rings. The summed E-state index contributed by atoms with van der Waals surface area (Å²) in [4.78, 5) is 28.5. The van der Waals surface area contributed by atoms with Gasteiger partial charge in [0.15, 0.2) is 0 Å². The molecule has 8 heteroatoms. The molecule has 4 rings (SSSR count). The average molecular weight is 418 g/mol. The molecule has 30 heavy (non-hydrogen) atoms. The Labute approximate surface area is 177 Å². The molecule has 1 amide bonds. The van der Waals surface area contributed by atoms with Crippen molar-refractivity contribution in [2.75, 3.05) is 26.7 Å². The number of nitrogens with one attached hydrogen (secondary N) is 1. The molecule has 1 aromatic carbocycles. The summed E-state index contributed by atoms with van der Waals surface area (Å²) in [5, 5.41) is 12.1. The zero-order chi connectivity index (χ0) is 21.9. The lowest BCUT2D eigenvalue weighted by molar-refractivity contribution is 0.0134. The highest BCUT2D eigenvalue weighted by molar-refractivity contribution is 5.89. The van der Waals surface area contributed by atoms with Crippen molar-refractivity contribution in [2.45, 2.75) is 51.2 Å². The molecule has 0 radical (unpaired) electrons. The number of nitrogens with zero attached hydrogens (tertiary/aromatic N) is 2. The van der Waals surface area contributed by atoms with Crippen molar-refractivity contribution in [1.29, 1.82) is 0 Å². The number of hydrogen-bond donors (Lipinski definition) is 2. The standard InChI is InChI=1S/C13H24N2O2.C9H7NO3/c1-12(2,3)17-11(16)15(4)13(6-7-13)10-5-8-14-9-10;11-9(12)6-1-2-8-7(5-6)10-3-4-13-8/h10,14H,5-9H2,1-4H3;1-3,5H,4H2,(H,11,12)/t10-;/m1./s1. The highest BCUT2D eigenvalue weighted by Gasteiger charge is 2.55. The Morgan fingerprint density at radius 1 is 1.33 bits per heavy atom. The minimum absolute atomic E-state index is 0.0752. The molecule has 1 saturated carbocycles. The van der Waals surface area contributed by atoms with Gasteiger partial charge in [0, 0.05) is 19.8 Å². The van der Waals surface area contributed by atoms with Crippen LogP contribution in [0.4, 0.5) is 10.5 Å². The number of carboxylic acid groups (broad SMARTS) is 1. The SMILES string of the molecule is CN(C(=O)OC(C)(C)C)C1([C@@H]2CCNC2)CC1.O=C(O)c1ccc2c(c1)N=CCO2. The number of hydrogen-bond acceptors (Lipinski definition) is 6.